The Hall–Kier alpha value is -0.740. The van der Waals surface area contributed by atoms with E-state index in [0.29, 0.717) is 11.8 Å². The molecular weight excluding hydrogens is 245 g/mol. The average molecular weight is 264 g/mol. The summed E-state index contributed by atoms with van der Waals surface area (Å²) in [5, 5.41) is 0. The van der Waals surface area contributed by atoms with E-state index in [0.717, 1.165) is 39.5 Å². The molecule has 0 aromatic carbocycles. The lowest BCUT2D eigenvalue weighted by Gasteiger charge is -2.28. The lowest BCUT2D eigenvalue weighted by molar-refractivity contribution is -0.227. The van der Waals surface area contributed by atoms with Gasteiger partial charge in [0.2, 0.25) is 0 Å². The molecule has 2 saturated carbocycles. The Morgan fingerprint density at radius 1 is 1.22 bits per heavy atom. The summed E-state index contributed by atoms with van der Waals surface area (Å²) in [4.78, 5) is 11.8. The highest BCUT2D eigenvalue weighted by Gasteiger charge is 2.49. The predicted molar refractivity (Wildman–Crippen MR) is 59.7 cm³/mol. The maximum Gasteiger partial charge on any atom is 0.397 e. The van der Waals surface area contributed by atoms with Gasteiger partial charge in [-0.05, 0) is 44.9 Å². The van der Waals surface area contributed by atoms with Crippen molar-refractivity contribution in [3.05, 3.63) is 0 Å². The second-order valence-electron chi connectivity index (χ2n) is 6.27. The van der Waals surface area contributed by atoms with Gasteiger partial charge in [-0.2, -0.15) is 13.2 Å². The van der Waals surface area contributed by atoms with Crippen molar-refractivity contribution in [2.45, 2.75) is 45.7 Å². The van der Waals surface area contributed by atoms with Crippen LogP contribution in [0.5, 0.6) is 0 Å². The second kappa shape index (κ2) is 4.42. The number of alkyl halides is 3. The summed E-state index contributed by atoms with van der Waals surface area (Å²) in [5.41, 5.74) is -1.97. The molecule has 3 atom stereocenters. The van der Waals surface area contributed by atoms with Gasteiger partial charge >= 0.3 is 12.1 Å². The van der Waals surface area contributed by atoms with Crippen LogP contribution in [-0.2, 0) is 9.53 Å². The summed E-state index contributed by atoms with van der Waals surface area (Å²) in [6.07, 6.45) is -0.323. The van der Waals surface area contributed by atoms with Crippen LogP contribution < -0.4 is 0 Å². The molecule has 0 aromatic rings. The molecular formula is C13H19F3O2. The van der Waals surface area contributed by atoms with Crippen LogP contribution in [0.4, 0.5) is 13.2 Å². The van der Waals surface area contributed by atoms with E-state index >= 15 is 0 Å². The van der Waals surface area contributed by atoms with Gasteiger partial charge in [0.25, 0.3) is 0 Å². The van der Waals surface area contributed by atoms with Crippen molar-refractivity contribution in [3.63, 3.8) is 0 Å². The first-order chi connectivity index (χ1) is 8.21. The van der Waals surface area contributed by atoms with Crippen molar-refractivity contribution in [3.8, 4) is 0 Å². The van der Waals surface area contributed by atoms with E-state index in [9.17, 15) is 18.0 Å². The molecule has 2 nitrogen and oxygen atoms in total. The first kappa shape index (κ1) is 13.7. The van der Waals surface area contributed by atoms with E-state index in [2.05, 4.69) is 0 Å². The number of carbonyl (C=O) groups excluding carboxylic acids is 1. The highest BCUT2D eigenvalue weighted by molar-refractivity contribution is 5.73. The number of hydrogen-bond acceptors (Lipinski definition) is 2. The molecule has 2 aliphatic carbocycles. The SMILES string of the molecule is CC(C)(COC(=O)C1CC2CCC1C2)C(F)(F)F. The first-order valence-electron chi connectivity index (χ1n) is 6.44. The first-order valence-corrected chi connectivity index (χ1v) is 6.44. The minimum absolute atomic E-state index is 0.159. The van der Waals surface area contributed by atoms with Gasteiger partial charge in [-0.3, -0.25) is 4.79 Å². The van der Waals surface area contributed by atoms with Crippen LogP contribution in [0, 0.1) is 23.2 Å². The van der Waals surface area contributed by atoms with E-state index in [1.165, 1.54) is 0 Å². The monoisotopic (exact) mass is 264 g/mol. The maximum atomic E-state index is 12.6. The Labute approximate surface area is 105 Å². The maximum absolute atomic E-state index is 12.6. The Kier molecular flexibility index (Phi) is 3.36. The highest BCUT2D eigenvalue weighted by atomic mass is 19.4. The number of hydrogen-bond donors (Lipinski definition) is 0. The molecule has 5 heteroatoms. The van der Waals surface area contributed by atoms with Crippen molar-refractivity contribution in [1.82, 2.24) is 0 Å². The van der Waals surface area contributed by atoms with Crippen LogP contribution >= 0.6 is 0 Å². The third kappa shape index (κ3) is 2.50. The Morgan fingerprint density at radius 3 is 2.33 bits per heavy atom. The molecule has 0 spiro atoms. The number of rotatable bonds is 3. The molecule has 0 saturated heterocycles. The van der Waals surface area contributed by atoms with Crippen LogP contribution in [-0.4, -0.2) is 18.8 Å². The van der Waals surface area contributed by atoms with Gasteiger partial charge in [-0.25, -0.2) is 0 Å². The molecule has 0 N–H and O–H groups in total. The van der Waals surface area contributed by atoms with Crippen LogP contribution in [0.1, 0.15) is 39.5 Å². The fraction of sp³-hybridized carbons (Fsp3) is 0.923. The Bertz CT molecular complexity index is 336. The van der Waals surface area contributed by atoms with Crippen molar-refractivity contribution in [2.75, 3.05) is 6.61 Å². The van der Waals surface area contributed by atoms with E-state index in [-0.39, 0.29) is 5.92 Å². The second-order valence-corrected chi connectivity index (χ2v) is 6.27. The lowest BCUT2D eigenvalue weighted by Crippen LogP contribution is -2.38. The van der Waals surface area contributed by atoms with Crippen LogP contribution in [0.25, 0.3) is 0 Å². The van der Waals surface area contributed by atoms with E-state index in [1.807, 2.05) is 0 Å². The topological polar surface area (TPSA) is 26.3 Å². The number of fused-ring (bicyclic) bond motifs is 2. The fourth-order valence-corrected chi connectivity index (χ4v) is 2.97. The zero-order valence-corrected chi connectivity index (χ0v) is 10.7. The lowest BCUT2D eigenvalue weighted by atomic mass is 9.88. The summed E-state index contributed by atoms with van der Waals surface area (Å²) in [6.45, 7) is 1.53. The zero-order valence-electron chi connectivity index (χ0n) is 10.7. The normalized spacial score (nSPS) is 31.7. The van der Waals surface area contributed by atoms with Gasteiger partial charge in [-0.15, -0.1) is 0 Å². The van der Waals surface area contributed by atoms with E-state index < -0.39 is 24.2 Å². The average Bonchev–Trinajstić information content (AvgIpc) is 2.85. The van der Waals surface area contributed by atoms with E-state index in [4.69, 9.17) is 4.74 Å². The minimum atomic E-state index is -4.35. The van der Waals surface area contributed by atoms with Crippen LogP contribution in [0.3, 0.4) is 0 Å². The molecule has 0 amide bonds. The molecule has 2 rings (SSSR count). The molecule has 104 valence electrons. The molecule has 3 unspecified atom stereocenters. The number of carbonyl (C=O) groups is 1. The van der Waals surface area contributed by atoms with Crippen molar-refractivity contribution in [1.29, 1.82) is 0 Å². The van der Waals surface area contributed by atoms with Gasteiger partial charge < -0.3 is 4.74 Å². The van der Waals surface area contributed by atoms with Crippen molar-refractivity contribution in [2.24, 2.45) is 23.2 Å². The molecule has 2 bridgehead atoms. The van der Waals surface area contributed by atoms with Crippen LogP contribution in [0.2, 0.25) is 0 Å². The largest absolute Gasteiger partial charge is 0.465 e. The van der Waals surface area contributed by atoms with E-state index in [1.54, 1.807) is 0 Å². The van der Waals surface area contributed by atoms with Crippen molar-refractivity contribution < 1.29 is 22.7 Å². The summed E-state index contributed by atoms with van der Waals surface area (Å²) < 4.78 is 42.8. The van der Waals surface area contributed by atoms with Gasteiger partial charge in [0, 0.05) is 0 Å². The highest BCUT2D eigenvalue weighted by Crippen LogP contribution is 2.49. The molecule has 0 radical (unpaired) electrons. The summed E-state index contributed by atoms with van der Waals surface area (Å²) >= 11 is 0. The third-order valence-corrected chi connectivity index (χ3v) is 4.38. The smallest absolute Gasteiger partial charge is 0.397 e. The molecule has 2 aliphatic rings. The molecule has 0 heterocycles. The standard InChI is InChI=1S/C13H19F3O2/c1-12(2,13(14,15)16)7-18-11(17)10-6-8-3-4-9(10)5-8/h8-10H,3-7H2,1-2H3. The number of halogens is 3. The summed E-state index contributed by atoms with van der Waals surface area (Å²) in [6, 6.07) is 0. The van der Waals surface area contributed by atoms with Crippen LogP contribution in [0.15, 0.2) is 0 Å². The quantitative estimate of drug-likeness (QED) is 0.729. The van der Waals surface area contributed by atoms with Gasteiger partial charge in [-0.1, -0.05) is 6.42 Å². The predicted octanol–water partition coefficient (Wildman–Crippen LogP) is 3.55. The van der Waals surface area contributed by atoms with Gasteiger partial charge in [0.1, 0.15) is 6.61 Å². The zero-order chi connectivity index (χ0) is 13.6. The van der Waals surface area contributed by atoms with Gasteiger partial charge in [0.15, 0.2) is 0 Å². The molecule has 18 heavy (non-hydrogen) atoms. The Morgan fingerprint density at radius 2 is 1.89 bits per heavy atom. The molecule has 0 aromatic heterocycles. The van der Waals surface area contributed by atoms with Gasteiger partial charge in [0.05, 0.1) is 11.3 Å². The Balaban J connectivity index is 1.86. The fourth-order valence-electron chi connectivity index (χ4n) is 2.97. The third-order valence-electron chi connectivity index (χ3n) is 4.38. The molecule has 0 aliphatic heterocycles. The minimum Gasteiger partial charge on any atom is -0.465 e. The number of esters is 1. The summed E-state index contributed by atoms with van der Waals surface area (Å²) in [7, 11) is 0. The number of ether oxygens (including phenoxy) is 1. The molecule has 2 fully saturated rings. The summed E-state index contributed by atoms with van der Waals surface area (Å²) in [5.74, 6) is 0.340. The van der Waals surface area contributed by atoms with Crippen molar-refractivity contribution >= 4 is 5.97 Å².